The molecule has 19 heavy (non-hydrogen) atoms. The van der Waals surface area contributed by atoms with Crippen molar-refractivity contribution in [2.45, 2.75) is 6.92 Å². The summed E-state index contributed by atoms with van der Waals surface area (Å²) in [6.07, 6.45) is 0. The van der Waals surface area contributed by atoms with Crippen molar-refractivity contribution < 1.29 is 19.2 Å². The van der Waals surface area contributed by atoms with Crippen LogP contribution in [0.3, 0.4) is 0 Å². The molecule has 1 amide bonds. The number of aryl methyl sites for hydroxylation is 1. The number of likely N-dealkylation sites (N-methyl/N-ethyl adjacent to an activating group) is 1. The van der Waals surface area contributed by atoms with Gasteiger partial charge in [0.1, 0.15) is 0 Å². The predicted molar refractivity (Wildman–Crippen MR) is 66.8 cm³/mol. The zero-order chi connectivity index (χ0) is 14.6. The molecule has 1 rings (SSSR count). The minimum absolute atomic E-state index is 0.0686. The van der Waals surface area contributed by atoms with Crippen LogP contribution in [-0.2, 0) is 9.53 Å². The Hall–Kier alpha value is -2.44. The quantitative estimate of drug-likeness (QED) is 0.463. The number of ether oxygens (including phenoxy) is 1. The van der Waals surface area contributed by atoms with Gasteiger partial charge in [-0.25, -0.2) is 4.79 Å². The lowest BCUT2D eigenvalue weighted by molar-refractivity contribution is -0.385. The fourth-order valence-electron chi connectivity index (χ4n) is 1.33. The van der Waals surface area contributed by atoms with Gasteiger partial charge < -0.3 is 9.64 Å². The zero-order valence-electron chi connectivity index (χ0n) is 10.9. The molecule has 1 aromatic rings. The Labute approximate surface area is 109 Å². The number of amides is 1. The molecule has 0 aliphatic carbocycles. The van der Waals surface area contributed by atoms with Gasteiger partial charge in [-0.2, -0.15) is 0 Å². The van der Waals surface area contributed by atoms with Crippen LogP contribution in [0.2, 0.25) is 0 Å². The van der Waals surface area contributed by atoms with Crippen molar-refractivity contribution in [1.82, 2.24) is 4.90 Å². The lowest BCUT2D eigenvalue weighted by Gasteiger charge is -2.10. The third kappa shape index (κ3) is 3.77. The summed E-state index contributed by atoms with van der Waals surface area (Å²) in [6.45, 7) is 1.17. The second-order valence-corrected chi connectivity index (χ2v) is 4.12. The Morgan fingerprint density at radius 3 is 2.47 bits per heavy atom. The van der Waals surface area contributed by atoms with Gasteiger partial charge >= 0.3 is 5.97 Å². The van der Waals surface area contributed by atoms with Gasteiger partial charge in [0.15, 0.2) is 6.61 Å². The number of hydrogen-bond acceptors (Lipinski definition) is 5. The molecule has 0 aliphatic heterocycles. The Morgan fingerprint density at radius 1 is 1.37 bits per heavy atom. The van der Waals surface area contributed by atoms with Crippen LogP contribution >= 0.6 is 0 Å². The van der Waals surface area contributed by atoms with E-state index in [-0.39, 0.29) is 23.8 Å². The molecule has 0 fully saturated rings. The molecule has 0 N–H and O–H groups in total. The smallest absolute Gasteiger partial charge is 0.338 e. The van der Waals surface area contributed by atoms with Gasteiger partial charge in [0.25, 0.3) is 11.6 Å². The number of nitro groups is 1. The molecule has 0 spiro atoms. The molecule has 0 radical (unpaired) electrons. The van der Waals surface area contributed by atoms with Gasteiger partial charge in [0.05, 0.1) is 10.5 Å². The first kappa shape index (κ1) is 14.6. The largest absolute Gasteiger partial charge is 0.452 e. The summed E-state index contributed by atoms with van der Waals surface area (Å²) in [5.41, 5.74) is 0.467. The summed E-state index contributed by atoms with van der Waals surface area (Å²) in [5, 5.41) is 10.6. The molecule has 102 valence electrons. The molecule has 0 unspecified atom stereocenters. The molecular formula is C12H14N2O5. The van der Waals surface area contributed by atoms with Gasteiger partial charge in [-0.1, -0.05) is 0 Å². The van der Waals surface area contributed by atoms with Crippen molar-refractivity contribution >= 4 is 17.6 Å². The third-order valence-corrected chi connectivity index (χ3v) is 2.45. The molecule has 0 bridgehead atoms. The van der Waals surface area contributed by atoms with Crippen LogP contribution < -0.4 is 0 Å². The molecule has 7 heteroatoms. The molecule has 1 aromatic carbocycles. The lowest BCUT2D eigenvalue weighted by atomic mass is 10.1. The predicted octanol–water partition coefficient (Wildman–Crippen LogP) is 1.15. The van der Waals surface area contributed by atoms with Gasteiger partial charge in [0, 0.05) is 25.7 Å². The Bertz CT molecular complexity index is 525. The van der Waals surface area contributed by atoms with Crippen LogP contribution in [0.15, 0.2) is 18.2 Å². The van der Waals surface area contributed by atoms with Crippen LogP contribution in [0.1, 0.15) is 15.9 Å². The topological polar surface area (TPSA) is 89.8 Å². The van der Waals surface area contributed by atoms with Crippen molar-refractivity contribution in [3.63, 3.8) is 0 Å². The maximum Gasteiger partial charge on any atom is 0.338 e. The maximum atomic E-state index is 11.6. The average Bonchev–Trinajstić information content (AvgIpc) is 2.34. The summed E-state index contributed by atoms with van der Waals surface area (Å²) in [5.74, 6) is -1.03. The number of nitro benzene ring substituents is 1. The minimum atomic E-state index is -0.687. The highest BCUT2D eigenvalue weighted by Gasteiger charge is 2.15. The minimum Gasteiger partial charge on any atom is -0.452 e. The van der Waals surface area contributed by atoms with Crippen LogP contribution in [0.4, 0.5) is 5.69 Å². The summed E-state index contributed by atoms with van der Waals surface area (Å²) in [6, 6.07) is 3.90. The summed E-state index contributed by atoms with van der Waals surface area (Å²) in [4.78, 5) is 34.3. The van der Waals surface area contributed by atoms with E-state index in [1.54, 1.807) is 14.1 Å². The third-order valence-electron chi connectivity index (χ3n) is 2.45. The zero-order valence-corrected chi connectivity index (χ0v) is 10.9. The number of esters is 1. The average molecular weight is 266 g/mol. The van der Waals surface area contributed by atoms with E-state index in [0.29, 0.717) is 5.56 Å². The number of hydrogen-bond donors (Lipinski definition) is 0. The highest BCUT2D eigenvalue weighted by atomic mass is 16.6. The van der Waals surface area contributed by atoms with Crippen LogP contribution in [0.25, 0.3) is 0 Å². The molecule has 0 heterocycles. The van der Waals surface area contributed by atoms with E-state index < -0.39 is 10.9 Å². The Morgan fingerprint density at radius 2 is 2.00 bits per heavy atom. The van der Waals surface area contributed by atoms with Crippen molar-refractivity contribution in [3.05, 3.63) is 39.4 Å². The van der Waals surface area contributed by atoms with Gasteiger partial charge in [0.2, 0.25) is 0 Å². The highest BCUT2D eigenvalue weighted by molar-refractivity contribution is 5.91. The maximum absolute atomic E-state index is 11.6. The second kappa shape index (κ2) is 5.94. The summed E-state index contributed by atoms with van der Waals surface area (Å²) < 4.78 is 4.81. The summed E-state index contributed by atoms with van der Waals surface area (Å²) >= 11 is 0. The second-order valence-electron chi connectivity index (χ2n) is 4.12. The van der Waals surface area contributed by atoms with Gasteiger partial charge in [-0.15, -0.1) is 0 Å². The fraction of sp³-hybridized carbons (Fsp3) is 0.333. The first-order valence-corrected chi connectivity index (χ1v) is 5.45. The monoisotopic (exact) mass is 266 g/mol. The molecule has 0 aromatic heterocycles. The lowest BCUT2D eigenvalue weighted by Crippen LogP contribution is -2.27. The molecule has 0 saturated carbocycles. The van der Waals surface area contributed by atoms with E-state index >= 15 is 0 Å². The van der Waals surface area contributed by atoms with Gasteiger partial charge in [-0.3, -0.25) is 14.9 Å². The van der Waals surface area contributed by atoms with Crippen LogP contribution in [0, 0.1) is 17.0 Å². The first-order chi connectivity index (χ1) is 8.82. The van der Waals surface area contributed by atoms with E-state index in [0.717, 1.165) is 0 Å². The van der Waals surface area contributed by atoms with E-state index in [9.17, 15) is 19.7 Å². The van der Waals surface area contributed by atoms with Crippen LogP contribution in [0.5, 0.6) is 0 Å². The van der Waals surface area contributed by atoms with Crippen molar-refractivity contribution in [2.75, 3.05) is 20.7 Å². The standard InChI is InChI=1S/C12H14N2O5/c1-8-6-9(4-5-10(8)14(17)18)12(16)19-7-11(15)13(2)3/h4-6H,7H2,1-3H3. The number of rotatable bonds is 4. The first-order valence-electron chi connectivity index (χ1n) is 5.45. The molecule has 0 atom stereocenters. The van der Waals surface area contributed by atoms with E-state index in [1.165, 1.54) is 30.0 Å². The normalized spacial score (nSPS) is 9.84. The van der Waals surface area contributed by atoms with E-state index in [2.05, 4.69) is 0 Å². The van der Waals surface area contributed by atoms with Gasteiger partial charge in [-0.05, 0) is 19.1 Å². The molecule has 0 saturated heterocycles. The van der Waals surface area contributed by atoms with E-state index in [4.69, 9.17) is 4.74 Å². The molecule has 0 aliphatic rings. The molecule has 7 nitrogen and oxygen atoms in total. The van der Waals surface area contributed by atoms with E-state index in [1.807, 2.05) is 0 Å². The Kier molecular flexibility index (Phi) is 4.57. The van der Waals surface area contributed by atoms with Crippen LogP contribution in [-0.4, -0.2) is 42.4 Å². The number of nitrogens with zero attached hydrogens (tertiary/aromatic N) is 2. The fourth-order valence-corrected chi connectivity index (χ4v) is 1.33. The number of benzene rings is 1. The van der Waals surface area contributed by atoms with Crippen molar-refractivity contribution in [2.24, 2.45) is 0 Å². The molecular weight excluding hydrogens is 252 g/mol. The number of carbonyl (C=O) groups excluding carboxylic acids is 2. The Balaban J connectivity index is 2.76. The highest BCUT2D eigenvalue weighted by Crippen LogP contribution is 2.19. The number of carbonyl (C=O) groups is 2. The van der Waals surface area contributed by atoms with Crippen molar-refractivity contribution in [3.8, 4) is 0 Å². The van der Waals surface area contributed by atoms with Crippen molar-refractivity contribution in [1.29, 1.82) is 0 Å². The summed E-state index contributed by atoms with van der Waals surface area (Å²) in [7, 11) is 3.10. The SMILES string of the molecule is Cc1cc(C(=O)OCC(=O)N(C)C)ccc1[N+](=O)[O-].